The summed E-state index contributed by atoms with van der Waals surface area (Å²) >= 11 is 0. The molecule has 0 aromatic carbocycles. The van der Waals surface area contributed by atoms with Crippen molar-refractivity contribution in [3.05, 3.63) is 23.4 Å². The Morgan fingerprint density at radius 2 is 2.27 bits per heavy atom. The lowest BCUT2D eigenvalue weighted by molar-refractivity contribution is -0.118. The smallest absolute Gasteiger partial charge is 0.221 e. The maximum absolute atomic E-state index is 10.9. The van der Waals surface area contributed by atoms with Crippen molar-refractivity contribution in [2.24, 2.45) is 5.41 Å². The molecule has 0 saturated heterocycles. The number of allylic oxidation sites excluding steroid dienone is 4. The number of hydrogen-bond acceptors (Lipinski definition) is 3. The summed E-state index contributed by atoms with van der Waals surface area (Å²) in [6.07, 6.45) is 4.12. The normalized spacial score (nSPS) is 26.7. The van der Waals surface area contributed by atoms with Gasteiger partial charge in [0.15, 0.2) is 0 Å². The molecule has 0 spiro atoms. The summed E-state index contributed by atoms with van der Waals surface area (Å²) in [5.41, 5.74) is 0.0519. The van der Waals surface area contributed by atoms with Crippen molar-refractivity contribution in [2.75, 3.05) is 0 Å². The second-order valence-corrected chi connectivity index (χ2v) is 3.63. The molecule has 1 N–H and O–H groups in total. The molecule has 1 atom stereocenters. The molecule has 4 heteroatoms. The van der Waals surface area contributed by atoms with E-state index in [1.165, 1.54) is 6.92 Å². The zero-order valence-electron chi connectivity index (χ0n) is 8.66. The van der Waals surface area contributed by atoms with Crippen molar-refractivity contribution >= 4 is 5.91 Å². The van der Waals surface area contributed by atoms with E-state index >= 15 is 0 Å². The average Bonchev–Trinajstić information content (AvgIpc) is 2.57. The van der Waals surface area contributed by atoms with Crippen LogP contribution in [0.25, 0.3) is 0 Å². The van der Waals surface area contributed by atoms with Crippen LogP contribution in [0.4, 0.5) is 0 Å². The minimum absolute atomic E-state index is 0.167. The fourth-order valence-corrected chi connectivity index (χ4v) is 1.50. The molecule has 0 heterocycles. The Labute approximate surface area is 88.5 Å². The predicted octanol–water partition coefficient (Wildman–Crippen LogP) is 1.39. The van der Waals surface area contributed by atoms with E-state index in [0.29, 0.717) is 12.0 Å². The number of nitrogens with zero attached hydrogens (tertiary/aromatic N) is 2. The maximum Gasteiger partial charge on any atom is 0.221 e. The van der Waals surface area contributed by atoms with Crippen molar-refractivity contribution in [1.29, 1.82) is 10.5 Å². The molecule has 15 heavy (non-hydrogen) atoms. The number of rotatable bonds is 1. The van der Waals surface area contributed by atoms with Crippen molar-refractivity contribution in [1.82, 2.24) is 5.32 Å². The van der Waals surface area contributed by atoms with Gasteiger partial charge in [0.05, 0.1) is 11.5 Å². The van der Waals surface area contributed by atoms with Crippen LogP contribution in [0.1, 0.15) is 20.3 Å². The van der Waals surface area contributed by atoms with E-state index in [9.17, 15) is 4.79 Å². The molecule has 0 fully saturated rings. The highest BCUT2D eigenvalue weighted by molar-refractivity contribution is 5.76. The number of nitrogens with one attached hydrogen (secondary N) is 1. The lowest BCUT2D eigenvalue weighted by atomic mass is 9.84. The van der Waals surface area contributed by atoms with Gasteiger partial charge < -0.3 is 5.32 Å². The standard InChI is InChI=1S/C11H11N3O/c1-8(15)14-10(6-12)9-4-3-5-11(9,2)7-13/h3-4H,5H2,1-2H3,(H,14,15)/b10-9+. The van der Waals surface area contributed by atoms with Crippen molar-refractivity contribution in [3.63, 3.8) is 0 Å². The van der Waals surface area contributed by atoms with E-state index in [0.717, 1.165) is 0 Å². The molecule has 0 saturated carbocycles. The fraction of sp³-hybridized carbons (Fsp3) is 0.364. The molecule has 76 valence electrons. The van der Waals surface area contributed by atoms with Crippen LogP contribution in [0.3, 0.4) is 0 Å². The van der Waals surface area contributed by atoms with E-state index < -0.39 is 5.41 Å². The third-order valence-electron chi connectivity index (χ3n) is 2.33. The third-order valence-corrected chi connectivity index (χ3v) is 2.33. The van der Waals surface area contributed by atoms with Crippen LogP contribution in [-0.4, -0.2) is 5.91 Å². The maximum atomic E-state index is 10.9. The summed E-state index contributed by atoms with van der Waals surface area (Å²) in [6, 6.07) is 4.07. The molecule has 0 bridgehead atoms. The highest BCUT2D eigenvalue weighted by atomic mass is 16.1. The van der Waals surface area contributed by atoms with Crippen LogP contribution in [0.2, 0.25) is 0 Å². The van der Waals surface area contributed by atoms with Crippen LogP contribution >= 0.6 is 0 Å². The number of amides is 1. The van der Waals surface area contributed by atoms with Crippen LogP contribution in [-0.2, 0) is 4.79 Å². The summed E-state index contributed by atoms with van der Waals surface area (Å²) in [4.78, 5) is 10.9. The Morgan fingerprint density at radius 1 is 1.60 bits per heavy atom. The first-order chi connectivity index (χ1) is 7.03. The Balaban J connectivity index is 3.17. The molecule has 0 radical (unpaired) electrons. The first-order valence-electron chi connectivity index (χ1n) is 4.54. The summed E-state index contributed by atoms with van der Waals surface area (Å²) in [5.74, 6) is -0.306. The first kappa shape index (κ1) is 11.0. The average molecular weight is 201 g/mol. The number of carbonyl (C=O) groups excluding carboxylic acids is 1. The Kier molecular flexibility index (Phi) is 2.92. The van der Waals surface area contributed by atoms with Gasteiger partial charge in [-0.05, 0) is 13.3 Å². The van der Waals surface area contributed by atoms with Gasteiger partial charge in [-0.15, -0.1) is 0 Å². The topological polar surface area (TPSA) is 76.7 Å². The molecule has 1 rings (SSSR count). The largest absolute Gasteiger partial charge is 0.317 e. The van der Waals surface area contributed by atoms with Gasteiger partial charge in [-0.2, -0.15) is 10.5 Å². The minimum Gasteiger partial charge on any atom is -0.317 e. The summed E-state index contributed by atoms with van der Waals surface area (Å²) in [6.45, 7) is 3.09. The lowest BCUT2D eigenvalue weighted by Crippen LogP contribution is -2.23. The van der Waals surface area contributed by atoms with Gasteiger partial charge in [0.25, 0.3) is 0 Å². The third kappa shape index (κ3) is 2.05. The second kappa shape index (κ2) is 3.98. The summed E-state index contributed by atoms with van der Waals surface area (Å²) < 4.78 is 0. The SMILES string of the molecule is CC(=O)N/C(C#N)=C1\C=CCC1(C)C#N. The van der Waals surface area contributed by atoms with Crippen molar-refractivity contribution in [2.45, 2.75) is 20.3 Å². The monoisotopic (exact) mass is 201 g/mol. The Morgan fingerprint density at radius 3 is 2.73 bits per heavy atom. The number of nitriles is 2. The van der Waals surface area contributed by atoms with E-state index in [4.69, 9.17) is 10.5 Å². The molecular weight excluding hydrogens is 190 g/mol. The molecule has 0 aliphatic heterocycles. The van der Waals surface area contributed by atoms with Gasteiger partial charge in [0, 0.05) is 12.5 Å². The van der Waals surface area contributed by atoms with Gasteiger partial charge >= 0.3 is 0 Å². The molecular formula is C11H11N3O. The van der Waals surface area contributed by atoms with Gasteiger partial charge in [-0.1, -0.05) is 12.2 Å². The van der Waals surface area contributed by atoms with Crippen LogP contribution in [0.15, 0.2) is 23.4 Å². The Hall–Kier alpha value is -2.07. The number of hydrogen-bond donors (Lipinski definition) is 1. The van der Waals surface area contributed by atoms with Crippen LogP contribution in [0, 0.1) is 28.1 Å². The molecule has 0 aromatic heterocycles. The fourth-order valence-electron chi connectivity index (χ4n) is 1.50. The van der Waals surface area contributed by atoms with E-state index in [-0.39, 0.29) is 11.6 Å². The predicted molar refractivity (Wildman–Crippen MR) is 53.9 cm³/mol. The first-order valence-corrected chi connectivity index (χ1v) is 4.54. The lowest BCUT2D eigenvalue weighted by Gasteiger charge is -2.17. The zero-order valence-corrected chi connectivity index (χ0v) is 8.66. The molecule has 1 aliphatic rings. The van der Waals surface area contributed by atoms with Crippen LogP contribution in [0.5, 0.6) is 0 Å². The molecule has 1 aliphatic carbocycles. The summed E-state index contributed by atoms with van der Waals surface area (Å²) in [7, 11) is 0. The van der Waals surface area contributed by atoms with Crippen molar-refractivity contribution in [3.8, 4) is 12.1 Å². The van der Waals surface area contributed by atoms with Crippen molar-refractivity contribution < 1.29 is 4.79 Å². The molecule has 1 unspecified atom stereocenters. The van der Waals surface area contributed by atoms with Gasteiger partial charge in [-0.25, -0.2) is 0 Å². The van der Waals surface area contributed by atoms with Gasteiger partial charge in [0.2, 0.25) is 5.91 Å². The van der Waals surface area contributed by atoms with E-state index in [1.807, 2.05) is 12.1 Å². The molecule has 0 aromatic rings. The van der Waals surface area contributed by atoms with E-state index in [1.54, 1.807) is 13.0 Å². The van der Waals surface area contributed by atoms with Gasteiger partial charge in [0.1, 0.15) is 11.8 Å². The summed E-state index contributed by atoms with van der Waals surface area (Å²) in [5, 5.41) is 20.4. The van der Waals surface area contributed by atoms with E-state index in [2.05, 4.69) is 11.4 Å². The number of carbonyl (C=O) groups is 1. The highest BCUT2D eigenvalue weighted by Gasteiger charge is 2.33. The zero-order chi connectivity index (χ0) is 11.5. The van der Waals surface area contributed by atoms with Gasteiger partial charge in [-0.3, -0.25) is 4.79 Å². The highest BCUT2D eigenvalue weighted by Crippen LogP contribution is 2.38. The molecule has 1 amide bonds. The van der Waals surface area contributed by atoms with Crippen LogP contribution < -0.4 is 5.32 Å². The molecule has 4 nitrogen and oxygen atoms in total. The second-order valence-electron chi connectivity index (χ2n) is 3.63. The Bertz CT molecular complexity index is 434. The minimum atomic E-state index is -0.701. The quantitative estimate of drug-likeness (QED) is 0.651.